The molecule has 1 rings (SSSR count). The first-order valence-corrected chi connectivity index (χ1v) is 6.14. The van der Waals surface area contributed by atoms with Crippen molar-refractivity contribution in [3.8, 4) is 6.07 Å². The highest BCUT2D eigenvalue weighted by atomic mass is 16.6. The summed E-state index contributed by atoms with van der Waals surface area (Å²) in [6.45, 7) is 5.38. The summed E-state index contributed by atoms with van der Waals surface area (Å²) in [5.41, 5.74) is 7.94. The maximum absolute atomic E-state index is 11.8. The largest absolute Gasteiger partial charge is 0.456 e. The van der Waals surface area contributed by atoms with Gasteiger partial charge in [0.05, 0.1) is 11.3 Å². The Morgan fingerprint density at radius 1 is 1.38 bits per heavy atom. The number of anilines is 1. The van der Waals surface area contributed by atoms with E-state index in [4.69, 9.17) is 21.1 Å². The molecule has 0 aliphatic carbocycles. The van der Waals surface area contributed by atoms with Crippen LogP contribution in [0.1, 0.15) is 31.1 Å². The summed E-state index contributed by atoms with van der Waals surface area (Å²) in [6.07, 6.45) is 0. The van der Waals surface area contributed by atoms with E-state index in [9.17, 15) is 4.79 Å². The Morgan fingerprint density at radius 3 is 2.38 bits per heavy atom. The molecule has 7 heteroatoms. The monoisotopic (exact) mass is 287 g/mol. The number of carbonyl (C=O) groups excluding carboxylic acids is 1. The van der Waals surface area contributed by atoms with Crippen LogP contribution in [0.4, 0.5) is 5.69 Å². The lowest BCUT2D eigenvalue weighted by Gasteiger charge is -2.19. The number of hydrazone groups is 1. The predicted molar refractivity (Wildman–Crippen MR) is 80.2 cm³/mol. The zero-order valence-electron chi connectivity index (χ0n) is 12.1. The van der Waals surface area contributed by atoms with Gasteiger partial charge in [0.2, 0.25) is 5.71 Å². The average molecular weight is 287 g/mol. The lowest BCUT2D eigenvalue weighted by atomic mass is 10.1. The molecule has 0 unspecified atom stereocenters. The van der Waals surface area contributed by atoms with Gasteiger partial charge in [0, 0.05) is 0 Å². The summed E-state index contributed by atoms with van der Waals surface area (Å²) in [5, 5.41) is 19.5. The highest BCUT2D eigenvalue weighted by Crippen LogP contribution is 2.14. The molecule has 0 atom stereocenters. The Hall–Kier alpha value is -2.88. The lowest BCUT2D eigenvalue weighted by molar-refractivity contribution is 0.00696. The molecule has 21 heavy (non-hydrogen) atoms. The number of hydrogen-bond acceptors (Lipinski definition) is 6. The molecule has 0 aromatic heterocycles. The van der Waals surface area contributed by atoms with Crippen molar-refractivity contribution in [3.63, 3.8) is 0 Å². The van der Waals surface area contributed by atoms with Crippen LogP contribution in [-0.2, 0) is 4.74 Å². The molecule has 110 valence electrons. The highest BCUT2D eigenvalue weighted by Gasteiger charge is 2.17. The van der Waals surface area contributed by atoms with Crippen LogP contribution < -0.4 is 11.2 Å². The number of nitrogens with two attached hydrogens (primary N) is 1. The van der Waals surface area contributed by atoms with E-state index < -0.39 is 17.4 Å². The van der Waals surface area contributed by atoms with Crippen LogP contribution in [0.25, 0.3) is 0 Å². The molecule has 0 amide bonds. The van der Waals surface area contributed by atoms with E-state index in [1.54, 1.807) is 51.1 Å². The number of hydrogen-bond donors (Lipinski definition) is 3. The van der Waals surface area contributed by atoms with Crippen molar-refractivity contribution in [2.24, 2.45) is 10.8 Å². The number of nitriles is 1. The van der Waals surface area contributed by atoms with E-state index in [-0.39, 0.29) is 5.71 Å². The van der Waals surface area contributed by atoms with E-state index in [0.717, 1.165) is 0 Å². The fraction of sp³-hybridized carbons (Fsp3) is 0.286. The van der Waals surface area contributed by atoms with Crippen molar-refractivity contribution in [3.05, 3.63) is 29.8 Å². The standard InChI is InChI=1S/C14H17N5O2/c1-14(2,3)21-13(20)9-4-6-10(7-5-9)18-19-11(8-15)12(16)17/h4-7,18H,1-3H3,(H3,16,17)/b19-11+. The molecule has 0 radical (unpaired) electrons. The third-order valence-corrected chi connectivity index (χ3v) is 2.18. The molecule has 0 heterocycles. The SMILES string of the molecule is CC(C)(C)OC(=O)c1ccc(N/N=C(\C#N)C(=N)N)cc1. The third kappa shape index (κ3) is 5.32. The molecule has 0 saturated heterocycles. The Kier molecular flexibility index (Phi) is 5.02. The Labute approximate surface area is 122 Å². The average Bonchev–Trinajstić information content (AvgIpc) is 2.37. The second-order valence-electron chi connectivity index (χ2n) is 5.18. The van der Waals surface area contributed by atoms with Gasteiger partial charge in [0.1, 0.15) is 11.7 Å². The van der Waals surface area contributed by atoms with E-state index in [1.807, 2.05) is 0 Å². The number of nitrogens with zero attached hydrogens (tertiary/aromatic N) is 2. The fourth-order valence-corrected chi connectivity index (χ4v) is 1.28. The quantitative estimate of drug-likeness (QED) is 0.337. The molecule has 1 aromatic rings. The molecule has 0 spiro atoms. The molecule has 0 bridgehead atoms. The number of carbonyl (C=O) groups is 1. The molecule has 1 aromatic carbocycles. The van der Waals surface area contributed by atoms with Gasteiger partial charge in [-0.1, -0.05) is 0 Å². The summed E-state index contributed by atoms with van der Waals surface area (Å²) in [5.74, 6) is -0.839. The Morgan fingerprint density at radius 2 is 1.95 bits per heavy atom. The molecular formula is C14H17N5O2. The topological polar surface area (TPSA) is 124 Å². The minimum absolute atomic E-state index is 0.216. The summed E-state index contributed by atoms with van der Waals surface area (Å²) < 4.78 is 5.24. The van der Waals surface area contributed by atoms with Crippen molar-refractivity contribution in [2.45, 2.75) is 26.4 Å². The normalized spacial score (nSPS) is 11.4. The molecule has 4 N–H and O–H groups in total. The van der Waals surface area contributed by atoms with Crippen molar-refractivity contribution >= 4 is 23.2 Å². The number of ether oxygens (including phenoxy) is 1. The first-order chi connectivity index (χ1) is 9.73. The maximum Gasteiger partial charge on any atom is 0.338 e. The van der Waals surface area contributed by atoms with E-state index >= 15 is 0 Å². The molecule has 7 nitrogen and oxygen atoms in total. The number of esters is 1. The van der Waals surface area contributed by atoms with Gasteiger partial charge < -0.3 is 10.5 Å². The number of amidine groups is 1. The van der Waals surface area contributed by atoms with Gasteiger partial charge in [-0.25, -0.2) is 4.79 Å². The van der Waals surface area contributed by atoms with Crippen molar-refractivity contribution in [1.82, 2.24) is 0 Å². The summed E-state index contributed by atoms with van der Waals surface area (Å²) in [7, 11) is 0. The summed E-state index contributed by atoms with van der Waals surface area (Å²) in [4.78, 5) is 11.8. The number of benzene rings is 1. The minimum atomic E-state index is -0.554. The summed E-state index contributed by atoms with van der Waals surface area (Å²) >= 11 is 0. The van der Waals surface area contributed by atoms with Crippen LogP contribution in [-0.4, -0.2) is 23.1 Å². The predicted octanol–water partition coefficient (Wildman–Crippen LogP) is 1.87. The molecule has 0 saturated carbocycles. The van der Waals surface area contributed by atoms with Crippen molar-refractivity contribution in [2.75, 3.05) is 5.43 Å². The molecule has 0 fully saturated rings. The van der Waals surface area contributed by atoms with Crippen LogP contribution in [0.3, 0.4) is 0 Å². The molecule has 0 aliphatic rings. The fourth-order valence-electron chi connectivity index (χ4n) is 1.28. The van der Waals surface area contributed by atoms with E-state index in [0.29, 0.717) is 11.3 Å². The zero-order chi connectivity index (χ0) is 16.0. The number of nitrogens with one attached hydrogen (secondary N) is 2. The van der Waals surface area contributed by atoms with Gasteiger partial charge in [-0.3, -0.25) is 10.8 Å². The number of rotatable bonds is 4. The molecule has 0 aliphatic heterocycles. The van der Waals surface area contributed by atoms with Gasteiger partial charge in [0.15, 0.2) is 5.84 Å². The third-order valence-electron chi connectivity index (χ3n) is 2.18. The van der Waals surface area contributed by atoms with Crippen LogP contribution in [0.15, 0.2) is 29.4 Å². The van der Waals surface area contributed by atoms with Gasteiger partial charge >= 0.3 is 5.97 Å². The van der Waals surface area contributed by atoms with Gasteiger partial charge in [-0.2, -0.15) is 10.4 Å². The van der Waals surface area contributed by atoms with Crippen molar-refractivity contribution in [1.29, 1.82) is 10.7 Å². The van der Waals surface area contributed by atoms with Gasteiger partial charge in [0.25, 0.3) is 0 Å². The van der Waals surface area contributed by atoms with Crippen LogP contribution >= 0.6 is 0 Å². The minimum Gasteiger partial charge on any atom is -0.456 e. The highest BCUT2D eigenvalue weighted by molar-refractivity contribution is 6.45. The van der Waals surface area contributed by atoms with E-state index in [2.05, 4.69) is 10.5 Å². The zero-order valence-corrected chi connectivity index (χ0v) is 12.1. The second kappa shape index (κ2) is 6.52. The first-order valence-electron chi connectivity index (χ1n) is 6.14. The molecular weight excluding hydrogens is 270 g/mol. The van der Waals surface area contributed by atoms with Crippen LogP contribution in [0, 0.1) is 16.7 Å². The van der Waals surface area contributed by atoms with Gasteiger partial charge in [-0.15, -0.1) is 0 Å². The van der Waals surface area contributed by atoms with Crippen LogP contribution in [0.5, 0.6) is 0 Å². The van der Waals surface area contributed by atoms with Crippen molar-refractivity contribution < 1.29 is 9.53 Å². The van der Waals surface area contributed by atoms with Gasteiger partial charge in [-0.05, 0) is 45.0 Å². The van der Waals surface area contributed by atoms with E-state index in [1.165, 1.54) is 0 Å². The van der Waals surface area contributed by atoms with Crippen LogP contribution in [0.2, 0.25) is 0 Å². The maximum atomic E-state index is 11.8. The first kappa shape index (κ1) is 16.2. The lowest BCUT2D eigenvalue weighted by Crippen LogP contribution is -2.23. The smallest absolute Gasteiger partial charge is 0.338 e. The summed E-state index contributed by atoms with van der Waals surface area (Å²) in [6, 6.07) is 8.06. The Bertz CT molecular complexity index is 606. The second-order valence-corrected chi connectivity index (χ2v) is 5.18. The Balaban J connectivity index is 2.78.